The van der Waals surface area contributed by atoms with Crippen LogP contribution in [0.15, 0.2) is 12.4 Å². The van der Waals surface area contributed by atoms with Gasteiger partial charge < -0.3 is 5.32 Å². The summed E-state index contributed by atoms with van der Waals surface area (Å²) in [6.45, 7) is 1.29. The van der Waals surface area contributed by atoms with Gasteiger partial charge in [-0.2, -0.15) is 5.26 Å². The second kappa shape index (κ2) is 6.32. The highest BCUT2D eigenvalue weighted by Crippen LogP contribution is 2.35. The smallest absolute Gasteiger partial charge is 0.240 e. The van der Waals surface area contributed by atoms with Gasteiger partial charge in [-0.25, -0.2) is 0 Å². The number of amides is 1. The summed E-state index contributed by atoms with van der Waals surface area (Å²) in [5, 5.41) is 19.7. The molecule has 0 radical (unpaired) electrons. The van der Waals surface area contributed by atoms with E-state index in [-0.39, 0.29) is 5.91 Å². The monoisotopic (exact) mass is 261 g/mol. The van der Waals surface area contributed by atoms with Gasteiger partial charge in [-0.3, -0.25) is 9.48 Å². The lowest BCUT2D eigenvalue weighted by molar-refractivity contribution is -0.129. The van der Waals surface area contributed by atoms with Crippen LogP contribution in [0.25, 0.3) is 0 Å². The first-order valence-corrected chi connectivity index (χ1v) is 6.80. The fourth-order valence-corrected chi connectivity index (χ4v) is 2.51. The van der Waals surface area contributed by atoms with Crippen molar-refractivity contribution in [2.45, 2.75) is 45.1 Å². The van der Waals surface area contributed by atoms with Crippen LogP contribution in [0.1, 0.15) is 38.5 Å². The van der Waals surface area contributed by atoms with Crippen LogP contribution in [0.2, 0.25) is 0 Å². The average molecular weight is 261 g/mol. The Morgan fingerprint density at radius 2 is 2.21 bits per heavy atom. The first kappa shape index (κ1) is 13.5. The molecule has 0 bridgehead atoms. The van der Waals surface area contributed by atoms with E-state index < -0.39 is 5.41 Å². The fraction of sp³-hybridized carbons (Fsp3) is 0.692. The van der Waals surface area contributed by atoms with Gasteiger partial charge in [0.2, 0.25) is 5.91 Å². The largest absolute Gasteiger partial charge is 0.355 e. The maximum Gasteiger partial charge on any atom is 0.240 e. The van der Waals surface area contributed by atoms with Gasteiger partial charge in [-0.05, 0) is 19.3 Å². The van der Waals surface area contributed by atoms with Gasteiger partial charge in [0.15, 0.2) is 0 Å². The SMILES string of the molecule is N#CC1(C(=O)NCCCn2ccnn2)CCCCC1. The molecule has 1 aliphatic carbocycles. The molecule has 0 unspecified atom stereocenters. The van der Waals surface area contributed by atoms with Crippen LogP contribution in [0.3, 0.4) is 0 Å². The van der Waals surface area contributed by atoms with E-state index in [1.807, 2.05) is 0 Å². The van der Waals surface area contributed by atoms with E-state index in [1.165, 1.54) is 0 Å². The molecule has 0 spiro atoms. The van der Waals surface area contributed by atoms with Gasteiger partial charge in [-0.1, -0.05) is 24.5 Å². The third-order valence-corrected chi connectivity index (χ3v) is 3.68. The minimum Gasteiger partial charge on any atom is -0.355 e. The Morgan fingerprint density at radius 3 is 2.84 bits per heavy atom. The van der Waals surface area contributed by atoms with E-state index in [0.717, 1.165) is 32.2 Å². The van der Waals surface area contributed by atoms with E-state index in [2.05, 4.69) is 21.7 Å². The predicted molar refractivity (Wildman–Crippen MR) is 68.8 cm³/mol. The molecule has 1 aromatic heterocycles. The van der Waals surface area contributed by atoms with Crippen molar-refractivity contribution in [1.82, 2.24) is 20.3 Å². The van der Waals surface area contributed by atoms with Crippen LogP contribution < -0.4 is 5.32 Å². The van der Waals surface area contributed by atoms with E-state index in [0.29, 0.717) is 19.4 Å². The van der Waals surface area contributed by atoms with Gasteiger partial charge in [0.25, 0.3) is 0 Å². The van der Waals surface area contributed by atoms with Crippen LogP contribution in [0.5, 0.6) is 0 Å². The zero-order valence-corrected chi connectivity index (χ0v) is 11.0. The minimum atomic E-state index is -0.786. The number of carbonyl (C=O) groups is 1. The summed E-state index contributed by atoms with van der Waals surface area (Å²) >= 11 is 0. The molecule has 1 saturated carbocycles. The molecule has 1 aromatic rings. The molecule has 0 atom stereocenters. The highest BCUT2D eigenvalue weighted by molar-refractivity contribution is 5.85. The summed E-state index contributed by atoms with van der Waals surface area (Å²) in [6, 6.07) is 2.23. The number of nitrogens with one attached hydrogen (secondary N) is 1. The van der Waals surface area contributed by atoms with Gasteiger partial charge in [0, 0.05) is 19.3 Å². The Kier molecular flexibility index (Phi) is 4.50. The molecular weight excluding hydrogens is 242 g/mol. The molecule has 0 aromatic carbocycles. The van der Waals surface area contributed by atoms with E-state index >= 15 is 0 Å². The lowest BCUT2D eigenvalue weighted by Crippen LogP contribution is -2.41. The topological polar surface area (TPSA) is 83.6 Å². The number of rotatable bonds is 5. The summed E-state index contributed by atoms with van der Waals surface area (Å²) in [7, 11) is 0. The molecule has 2 rings (SSSR count). The lowest BCUT2D eigenvalue weighted by atomic mass is 9.74. The Labute approximate surface area is 112 Å². The maximum absolute atomic E-state index is 12.1. The fourth-order valence-electron chi connectivity index (χ4n) is 2.51. The molecule has 1 aliphatic rings. The molecule has 19 heavy (non-hydrogen) atoms. The van der Waals surface area contributed by atoms with Gasteiger partial charge in [-0.15, -0.1) is 5.10 Å². The number of hydrogen-bond acceptors (Lipinski definition) is 4. The van der Waals surface area contributed by atoms with E-state index in [9.17, 15) is 10.1 Å². The molecule has 1 heterocycles. The summed E-state index contributed by atoms with van der Waals surface area (Å²) in [4.78, 5) is 12.1. The Morgan fingerprint density at radius 1 is 1.42 bits per heavy atom. The van der Waals surface area contributed by atoms with Crippen LogP contribution >= 0.6 is 0 Å². The quantitative estimate of drug-likeness (QED) is 0.809. The van der Waals surface area contributed by atoms with E-state index in [1.54, 1.807) is 17.1 Å². The van der Waals surface area contributed by atoms with Crippen LogP contribution in [0, 0.1) is 16.7 Å². The van der Waals surface area contributed by atoms with Crippen LogP contribution in [-0.4, -0.2) is 27.4 Å². The van der Waals surface area contributed by atoms with E-state index in [4.69, 9.17) is 0 Å². The highest BCUT2D eigenvalue weighted by atomic mass is 16.2. The van der Waals surface area contributed by atoms with Crippen molar-refractivity contribution in [3.63, 3.8) is 0 Å². The highest BCUT2D eigenvalue weighted by Gasteiger charge is 2.39. The number of carbonyl (C=O) groups excluding carboxylic acids is 1. The molecular formula is C13H19N5O. The summed E-state index contributed by atoms with van der Waals surface area (Å²) in [6.07, 6.45) is 8.67. The van der Waals surface area contributed by atoms with Gasteiger partial charge in [0.05, 0.1) is 12.3 Å². The normalized spacial score (nSPS) is 17.6. The molecule has 1 amide bonds. The minimum absolute atomic E-state index is 0.103. The summed E-state index contributed by atoms with van der Waals surface area (Å²) in [5.41, 5.74) is -0.786. The van der Waals surface area contributed by atoms with Crippen molar-refractivity contribution in [2.75, 3.05) is 6.54 Å². The Balaban J connectivity index is 1.75. The first-order chi connectivity index (χ1) is 9.27. The number of nitrogens with zero attached hydrogens (tertiary/aromatic N) is 4. The lowest BCUT2D eigenvalue weighted by Gasteiger charge is -2.29. The van der Waals surface area contributed by atoms with Crippen LogP contribution in [0.4, 0.5) is 0 Å². The second-order valence-corrected chi connectivity index (χ2v) is 5.03. The summed E-state index contributed by atoms with van der Waals surface area (Å²) < 4.78 is 1.73. The molecule has 102 valence electrons. The number of hydrogen-bond donors (Lipinski definition) is 1. The maximum atomic E-state index is 12.1. The third-order valence-electron chi connectivity index (χ3n) is 3.68. The van der Waals surface area contributed by atoms with Crippen molar-refractivity contribution >= 4 is 5.91 Å². The standard InChI is InChI=1S/C13H19N5O/c14-11-13(5-2-1-3-6-13)12(19)15-7-4-9-18-10-8-16-17-18/h8,10H,1-7,9H2,(H,15,19). The number of nitriles is 1. The van der Waals surface area contributed by atoms with Gasteiger partial charge in [0.1, 0.15) is 5.41 Å². The van der Waals surface area contributed by atoms with Crippen molar-refractivity contribution in [3.05, 3.63) is 12.4 Å². The molecule has 0 saturated heterocycles. The van der Waals surface area contributed by atoms with Crippen molar-refractivity contribution in [2.24, 2.45) is 5.41 Å². The third kappa shape index (κ3) is 3.31. The molecule has 0 aliphatic heterocycles. The zero-order valence-electron chi connectivity index (χ0n) is 11.0. The first-order valence-electron chi connectivity index (χ1n) is 6.80. The number of aromatic nitrogens is 3. The van der Waals surface area contributed by atoms with Crippen LogP contribution in [-0.2, 0) is 11.3 Å². The number of aryl methyl sites for hydroxylation is 1. The van der Waals surface area contributed by atoms with Gasteiger partial charge >= 0.3 is 0 Å². The molecule has 6 nitrogen and oxygen atoms in total. The van der Waals surface area contributed by atoms with Crippen molar-refractivity contribution in [3.8, 4) is 6.07 Å². The van der Waals surface area contributed by atoms with Crippen molar-refractivity contribution in [1.29, 1.82) is 5.26 Å². The summed E-state index contributed by atoms with van der Waals surface area (Å²) in [5.74, 6) is -0.103. The Hall–Kier alpha value is -1.90. The average Bonchev–Trinajstić information content (AvgIpc) is 2.97. The molecule has 6 heteroatoms. The molecule has 1 fully saturated rings. The second-order valence-electron chi connectivity index (χ2n) is 5.03. The Bertz CT molecular complexity index is 442. The predicted octanol–water partition coefficient (Wildman–Crippen LogP) is 1.26. The zero-order chi connectivity index (χ0) is 13.6. The molecule has 1 N–H and O–H groups in total. The van der Waals surface area contributed by atoms with Crippen molar-refractivity contribution < 1.29 is 4.79 Å².